The van der Waals surface area contributed by atoms with Gasteiger partial charge < -0.3 is 19.7 Å². The molecule has 2 aliphatic rings. The van der Waals surface area contributed by atoms with Crippen LogP contribution in [-0.4, -0.2) is 49.4 Å². The molecule has 3 rings (SSSR count). The molecule has 0 radical (unpaired) electrons. The third-order valence-electron chi connectivity index (χ3n) is 4.35. The highest BCUT2D eigenvalue weighted by molar-refractivity contribution is 5.74. The fourth-order valence-electron chi connectivity index (χ4n) is 2.94. The summed E-state index contributed by atoms with van der Waals surface area (Å²) in [7, 11) is 0. The number of hydrogen-bond acceptors (Lipinski definition) is 4. The Bertz CT molecular complexity index is 607. The van der Waals surface area contributed by atoms with Gasteiger partial charge in [0, 0.05) is 13.1 Å². The van der Waals surface area contributed by atoms with Crippen molar-refractivity contribution in [1.29, 1.82) is 5.26 Å². The van der Waals surface area contributed by atoms with Gasteiger partial charge in [-0.05, 0) is 49.9 Å². The minimum atomic E-state index is -0.0563. The Hall–Kier alpha value is -2.26. The molecule has 2 amide bonds. The van der Waals surface area contributed by atoms with E-state index in [1.807, 2.05) is 11.8 Å². The maximum Gasteiger partial charge on any atom is 0.317 e. The quantitative estimate of drug-likeness (QED) is 0.840. The molecule has 1 aliphatic carbocycles. The summed E-state index contributed by atoms with van der Waals surface area (Å²) in [6, 6.07) is 8.93. The third-order valence-corrected chi connectivity index (χ3v) is 4.35. The Morgan fingerprint density at radius 3 is 2.79 bits per heavy atom. The second-order valence-electron chi connectivity index (χ2n) is 6.44. The zero-order valence-electron chi connectivity index (χ0n) is 13.9. The molecule has 0 bridgehead atoms. The van der Waals surface area contributed by atoms with Crippen LogP contribution in [0.2, 0.25) is 0 Å². The first kappa shape index (κ1) is 16.6. The zero-order chi connectivity index (χ0) is 16.9. The molecule has 24 heavy (non-hydrogen) atoms. The summed E-state index contributed by atoms with van der Waals surface area (Å²) in [4.78, 5) is 14.1. The fraction of sp³-hybridized carbons (Fsp3) is 0.556. The summed E-state index contributed by atoms with van der Waals surface area (Å²) in [5.74, 6) is 1.32. The molecule has 0 unspecified atom stereocenters. The van der Waals surface area contributed by atoms with Crippen molar-refractivity contribution in [3.8, 4) is 11.8 Å². The highest BCUT2D eigenvalue weighted by atomic mass is 16.5. The molecule has 2 atom stereocenters. The Morgan fingerprint density at radius 1 is 1.38 bits per heavy atom. The van der Waals surface area contributed by atoms with E-state index >= 15 is 0 Å². The molecule has 1 saturated heterocycles. The number of benzene rings is 1. The van der Waals surface area contributed by atoms with Crippen LogP contribution in [0, 0.1) is 17.2 Å². The summed E-state index contributed by atoms with van der Waals surface area (Å²) in [6.07, 6.45) is 2.70. The van der Waals surface area contributed by atoms with Crippen LogP contribution in [-0.2, 0) is 4.74 Å². The Kier molecular flexibility index (Phi) is 5.21. The van der Waals surface area contributed by atoms with Gasteiger partial charge in [0.2, 0.25) is 0 Å². The van der Waals surface area contributed by atoms with Gasteiger partial charge >= 0.3 is 6.03 Å². The molecule has 1 N–H and O–H groups in total. The van der Waals surface area contributed by atoms with Gasteiger partial charge in [0.15, 0.2) is 0 Å². The highest BCUT2D eigenvalue weighted by Gasteiger charge is 2.38. The molecule has 6 heteroatoms. The minimum absolute atomic E-state index is 0.0563. The lowest BCUT2D eigenvalue weighted by Gasteiger charge is -2.37. The molecule has 1 aromatic carbocycles. The van der Waals surface area contributed by atoms with Crippen molar-refractivity contribution in [2.24, 2.45) is 5.92 Å². The van der Waals surface area contributed by atoms with Gasteiger partial charge in [-0.25, -0.2) is 4.79 Å². The summed E-state index contributed by atoms with van der Waals surface area (Å²) in [5.41, 5.74) is 0.599. The maximum atomic E-state index is 12.3. The van der Waals surface area contributed by atoms with Gasteiger partial charge in [-0.3, -0.25) is 0 Å². The van der Waals surface area contributed by atoms with Gasteiger partial charge in [-0.1, -0.05) is 0 Å². The average molecular weight is 329 g/mol. The number of carbonyl (C=O) groups is 1. The van der Waals surface area contributed by atoms with Crippen molar-refractivity contribution in [3.05, 3.63) is 29.8 Å². The number of nitrogens with one attached hydrogen (secondary N) is 1. The lowest BCUT2D eigenvalue weighted by molar-refractivity contribution is -0.0731. The van der Waals surface area contributed by atoms with Crippen LogP contribution < -0.4 is 10.1 Å². The SMILES string of the molecule is C[C@@H]1CN(C(=O)NCCOc2ccc(C#N)cc2)C[C@@H](C2CC2)O1. The second kappa shape index (κ2) is 7.54. The highest BCUT2D eigenvalue weighted by Crippen LogP contribution is 2.36. The first-order valence-electron chi connectivity index (χ1n) is 8.47. The van der Waals surface area contributed by atoms with E-state index in [-0.39, 0.29) is 18.2 Å². The summed E-state index contributed by atoms with van der Waals surface area (Å²) < 4.78 is 11.5. The van der Waals surface area contributed by atoms with Crippen LogP contribution in [0.1, 0.15) is 25.3 Å². The van der Waals surface area contributed by atoms with E-state index in [4.69, 9.17) is 14.7 Å². The average Bonchev–Trinajstić information content (AvgIpc) is 3.43. The van der Waals surface area contributed by atoms with Crippen LogP contribution in [0.15, 0.2) is 24.3 Å². The number of nitrogens with zero attached hydrogens (tertiary/aromatic N) is 2. The lowest BCUT2D eigenvalue weighted by atomic mass is 10.1. The Balaban J connectivity index is 1.39. The number of morpholine rings is 1. The predicted molar refractivity (Wildman–Crippen MR) is 88.7 cm³/mol. The van der Waals surface area contributed by atoms with Gasteiger partial charge in [0.05, 0.1) is 30.4 Å². The van der Waals surface area contributed by atoms with E-state index in [0.717, 1.165) is 0 Å². The number of amides is 2. The minimum Gasteiger partial charge on any atom is -0.492 e. The van der Waals surface area contributed by atoms with E-state index in [2.05, 4.69) is 11.4 Å². The number of hydrogen-bond donors (Lipinski definition) is 1. The third kappa shape index (κ3) is 4.39. The smallest absolute Gasteiger partial charge is 0.317 e. The Morgan fingerprint density at radius 2 is 2.12 bits per heavy atom. The van der Waals surface area contributed by atoms with Crippen molar-refractivity contribution in [2.45, 2.75) is 32.0 Å². The number of ether oxygens (including phenoxy) is 2. The Labute approximate surface area is 142 Å². The zero-order valence-corrected chi connectivity index (χ0v) is 13.9. The second-order valence-corrected chi connectivity index (χ2v) is 6.44. The van der Waals surface area contributed by atoms with Gasteiger partial charge in [-0.2, -0.15) is 5.26 Å². The van der Waals surface area contributed by atoms with Gasteiger partial charge in [0.25, 0.3) is 0 Å². The molecule has 0 aromatic heterocycles. The molecule has 128 valence electrons. The van der Waals surface area contributed by atoms with Crippen LogP contribution in [0.3, 0.4) is 0 Å². The molecule has 1 aromatic rings. The van der Waals surface area contributed by atoms with E-state index < -0.39 is 0 Å². The van der Waals surface area contributed by atoms with Gasteiger partial charge in [0.1, 0.15) is 12.4 Å². The van der Waals surface area contributed by atoms with Gasteiger partial charge in [-0.15, -0.1) is 0 Å². The normalized spacial score (nSPS) is 23.4. The topological polar surface area (TPSA) is 74.6 Å². The molecule has 1 heterocycles. The van der Waals surface area contributed by atoms with Crippen molar-refractivity contribution in [1.82, 2.24) is 10.2 Å². The summed E-state index contributed by atoms with van der Waals surface area (Å²) in [6.45, 7) is 4.16. The molecular formula is C18H23N3O3. The fourth-order valence-corrected chi connectivity index (χ4v) is 2.94. The molecule has 0 spiro atoms. The molecule has 1 saturated carbocycles. The van der Waals surface area contributed by atoms with Crippen LogP contribution >= 0.6 is 0 Å². The number of rotatable bonds is 5. The van der Waals surface area contributed by atoms with Crippen molar-refractivity contribution >= 4 is 6.03 Å². The lowest BCUT2D eigenvalue weighted by Crippen LogP contribution is -2.53. The molecule has 1 aliphatic heterocycles. The first-order valence-corrected chi connectivity index (χ1v) is 8.47. The van der Waals surface area contributed by atoms with E-state index in [0.29, 0.717) is 43.5 Å². The number of nitriles is 1. The van der Waals surface area contributed by atoms with Crippen LogP contribution in [0.5, 0.6) is 5.75 Å². The number of carbonyl (C=O) groups excluding carboxylic acids is 1. The van der Waals surface area contributed by atoms with Crippen molar-refractivity contribution in [2.75, 3.05) is 26.2 Å². The standard InChI is InChI=1S/C18H23N3O3/c1-13-11-21(12-17(24-13)15-4-5-15)18(22)20-8-9-23-16-6-2-14(10-19)3-7-16/h2-3,6-7,13,15,17H,4-5,8-9,11-12H2,1H3,(H,20,22)/t13-,17+/m1/s1. The van der Waals surface area contributed by atoms with Crippen molar-refractivity contribution in [3.63, 3.8) is 0 Å². The van der Waals surface area contributed by atoms with Crippen LogP contribution in [0.4, 0.5) is 4.79 Å². The van der Waals surface area contributed by atoms with E-state index in [9.17, 15) is 4.79 Å². The number of urea groups is 1. The summed E-state index contributed by atoms with van der Waals surface area (Å²) in [5, 5.41) is 11.7. The van der Waals surface area contributed by atoms with Crippen LogP contribution in [0.25, 0.3) is 0 Å². The summed E-state index contributed by atoms with van der Waals surface area (Å²) >= 11 is 0. The van der Waals surface area contributed by atoms with E-state index in [1.165, 1.54) is 12.8 Å². The molecule has 2 fully saturated rings. The molecular weight excluding hydrogens is 306 g/mol. The maximum absolute atomic E-state index is 12.3. The van der Waals surface area contributed by atoms with Crippen molar-refractivity contribution < 1.29 is 14.3 Å². The first-order chi connectivity index (χ1) is 11.7. The largest absolute Gasteiger partial charge is 0.492 e. The predicted octanol–water partition coefficient (Wildman–Crippen LogP) is 2.15. The monoisotopic (exact) mass is 329 g/mol. The molecule has 6 nitrogen and oxygen atoms in total. The van der Waals surface area contributed by atoms with E-state index in [1.54, 1.807) is 24.3 Å².